The molecule has 1 aliphatic heterocycles. The van der Waals surface area contributed by atoms with Gasteiger partial charge in [-0.05, 0) is 37.6 Å². The first-order valence-corrected chi connectivity index (χ1v) is 7.64. The van der Waals surface area contributed by atoms with E-state index < -0.39 is 11.4 Å². The number of nitrogens with zero attached hydrogens (tertiary/aromatic N) is 1. The van der Waals surface area contributed by atoms with Crippen LogP contribution in [0.2, 0.25) is 0 Å². The van der Waals surface area contributed by atoms with Crippen LogP contribution in [-0.2, 0) is 4.79 Å². The largest absolute Gasteiger partial charge is 0.481 e. The molecule has 1 saturated heterocycles. The summed E-state index contributed by atoms with van der Waals surface area (Å²) < 4.78 is 0. The van der Waals surface area contributed by atoms with Gasteiger partial charge < -0.3 is 20.6 Å². The minimum atomic E-state index is -0.898. The van der Waals surface area contributed by atoms with Crippen LogP contribution in [0.4, 0.5) is 10.5 Å². The van der Waals surface area contributed by atoms with Crippen molar-refractivity contribution in [1.82, 2.24) is 10.2 Å². The van der Waals surface area contributed by atoms with Crippen molar-refractivity contribution >= 4 is 23.6 Å². The fourth-order valence-corrected chi connectivity index (χ4v) is 2.48. The summed E-state index contributed by atoms with van der Waals surface area (Å²) in [6.45, 7) is 6.13. The highest BCUT2D eigenvalue weighted by Gasteiger charge is 2.42. The molecule has 0 radical (unpaired) electrons. The number of carbonyl (C=O) groups is 3. The van der Waals surface area contributed by atoms with E-state index in [4.69, 9.17) is 0 Å². The highest BCUT2D eigenvalue weighted by molar-refractivity contribution is 5.95. The number of rotatable bonds is 5. The highest BCUT2D eigenvalue weighted by atomic mass is 16.4. The minimum absolute atomic E-state index is 0.177. The van der Waals surface area contributed by atoms with Crippen LogP contribution >= 0.6 is 0 Å². The molecule has 7 nitrogen and oxygen atoms in total. The third-order valence-corrected chi connectivity index (χ3v) is 4.08. The van der Waals surface area contributed by atoms with E-state index >= 15 is 0 Å². The Balaban J connectivity index is 1.94. The van der Waals surface area contributed by atoms with Crippen molar-refractivity contribution in [2.75, 3.05) is 25.0 Å². The zero-order chi connectivity index (χ0) is 17.7. The van der Waals surface area contributed by atoms with Gasteiger partial charge in [0.1, 0.15) is 0 Å². The molecule has 3 N–H and O–H groups in total. The van der Waals surface area contributed by atoms with Crippen molar-refractivity contribution < 1.29 is 19.5 Å². The molecule has 1 atom stereocenters. The summed E-state index contributed by atoms with van der Waals surface area (Å²) in [4.78, 5) is 36.7. The van der Waals surface area contributed by atoms with Crippen LogP contribution in [-0.4, -0.2) is 47.5 Å². The van der Waals surface area contributed by atoms with Gasteiger partial charge in [-0.1, -0.05) is 6.08 Å². The lowest BCUT2D eigenvalue weighted by atomic mass is 9.90. The number of carboxylic acid groups (broad SMARTS) is 1. The molecule has 1 heterocycles. The van der Waals surface area contributed by atoms with Gasteiger partial charge in [-0.2, -0.15) is 0 Å². The number of nitrogens with one attached hydrogen (secondary N) is 2. The molecule has 24 heavy (non-hydrogen) atoms. The molecule has 1 aromatic rings. The number of anilines is 1. The van der Waals surface area contributed by atoms with E-state index in [1.165, 1.54) is 4.90 Å². The Morgan fingerprint density at radius 1 is 1.33 bits per heavy atom. The molecule has 1 unspecified atom stereocenters. The van der Waals surface area contributed by atoms with Crippen LogP contribution in [0.15, 0.2) is 36.9 Å². The molecule has 3 amide bonds. The smallest absolute Gasteiger partial charge is 0.321 e. The second-order valence-corrected chi connectivity index (χ2v) is 6.04. The van der Waals surface area contributed by atoms with Crippen molar-refractivity contribution in [3.05, 3.63) is 42.5 Å². The lowest BCUT2D eigenvalue weighted by molar-refractivity contribution is -0.146. The van der Waals surface area contributed by atoms with Gasteiger partial charge in [0.15, 0.2) is 0 Å². The average Bonchev–Trinajstić information content (AvgIpc) is 2.97. The normalized spacial score (nSPS) is 19.6. The molecule has 2 rings (SSSR count). The number of urea groups is 1. The number of carboxylic acids is 1. The first kappa shape index (κ1) is 17.5. The van der Waals surface area contributed by atoms with Crippen LogP contribution < -0.4 is 10.6 Å². The van der Waals surface area contributed by atoms with Gasteiger partial charge in [-0.25, -0.2) is 4.79 Å². The summed E-state index contributed by atoms with van der Waals surface area (Å²) in [6.07, 6.45) is 2.02. The fourth-order valence-electron chi connectivity index (χ4n) is 2.48. The second kappa shape index (κ2) is 7.16. The van der Waals surface area contributed by atoms with Crippen molar-refractivity contribution in [2.24, 2.45) is 5.41 Å². The molecule has 0 spiro atoms. The van der Waals surface area contributed by atoms with Gasteiger partial charge in [0.05, 0.1) is 5.41 Å². The van der Waals surface area contributed by atoms with Crippen LogP contribution in [0.5, 0.6) is 0 Å². The number of hydrogen-bond donors (Lipinski definition) is 3. The summed E-state index contributed by atoms with van der Waals surface area (Å²) in [5, 5.41) is 14.6. The number of carbonyl (C=O) groups excluding carboxylic acids is 2. The Hall–Kier alpha value is -2.83. The summed E-state index contributed by atoms with van der Waals surface area (Å²) in [6, 6.07) is 6.14. The maximum Gasteiger partial charge on any atom is 0.321 e. The van der Waals surface area contributed by atoms with Gasteiger partial charge in [-0.3, -0.25) is 9.59 Å². The topological polar surface area (TPSA) is 98.7 Å². The average molecular weight is 331 g/mol. The molecule has 7 heteroatoms. The van der Waals surface area contributed by atoms with Crippen LogP contribution in [0.1, 0.15) is 23.7 Å². The van der Waals surface area contributed by atoms with Gasteiger partial charge in [0, 0.05) is 30.9 Å². The quantitative estimate of drug-likeness (QED) is 0.718. The van der Waals surface area contributed by atoms with Gasteiger partial charge in [0.25, 0.3) is 5.91 Å². The zero-order valence-corrected chi connectivity index (χ0v) is 13.5. The summed E-state index contributed by atoms with van der Waals surface area (Å²) >= 11 is 0. The molecular weight excluding hydrogens is 310 g/mol. The van der Waals surface area contributed by atoms with E-state index in [2.05, 4.69) is 17.2 Å². The van der Waals surface area contributed by atoms with Crippen LogP contribution in [0.3, 0.4) is 0 Å². The number of aliphatic carboxylic acids is 1. The SMILES string of the molecule is C=CCNC(=O)c1ccc(NC(=O)N2CCC(C)(C(=O)O)C2)cc1. The summed E-state index contributed by atoms with van der Waals surface area (Å²) in [5.74, 6) is -1.11. The van der Waals surface area contributed by atoms with E-state index in [-0.39, 0.29) is 18.5 Å². The minimum Gasteiger partial charge on any atom is -0.481 e. The summed E-state index contributed by atoms with van der Waals surface area (Å²) in [7, 11) is 0. The lowest BCUT2D eigenvalue weighted by Crippen LogP contribution is -2.37. The molecule has 0 bridgehead atoms. The summed E-state index contributed by atoms with van der Waals surface area (Å²) in [5.41, 5.74) is 0.128. The maximum absolute atomic E-state index is 12.2. The number of amides is 3. The molecule has 1 aliphatic rings. The molecule has 0 aromatic heterocycles. The monoisotopic (exact) mass is 331 g/mol. The fraction of sp³-hybridized carbons (Fsp3) is 0.353. The van der Waals surface area contributed by atoms with Crippen molar-refractivity contribution in [2.45, 2.75) is 13.3 Å². The van der Waals surface area contributed by atoms with Crippen LogP contribution in [0.25, 0.3) is 0 Å². The van der Waals surface area contributed by atoms with E-state index in [1.807, 2.05) is 0 Å². The Bertz CT molecular complexity index is 656. The highest BCUT2D eigenvalue weighted by Crippen LogP contribution is 2.30. The van der Waals surface area contributed by atoms with E-state index in [0.717, 1.165) is 0 Å². The maximum atomic E-state index is 12.2. The number of likely N-dealkylation sites (tertiary alicyclic amines) is 1. The Morgan fingerprint density at radius 3 is 2.54 bits per heavy atom. The van der Waals surface area contributed by atoms with E-state index in [0.29, 0.717) is 30.8 Å². The van der Waals surface area contributed by atoms with E-state index in [9.17, 15) is 19.5 Å². The first-order valence-electron chi connectivity index (χ1n) is 7.64. The molecule has 1 aromatic carbocycles. The molecular formula is C17H21N3O4. The van der Waals surface area contributed by atoms with Gasteiger partial charge in [-0.15, -0.1) is 6.58 Å². The molecule has 128 valence electrons. The third kappa shape index (κ3) is 3.92. The molecule has 0 aliphatic carbocycles. The lowest BCUT2D eigenvalue weighted by Gasteiger charge is -2.20. The van der Waals surface area contributed by atoms with Crippen molar-refractivity contribution in [3.8, 4) is 0 Å². The standard InChI is InChI=1S/C17H21N3O4/c1-3-9-18-14(21)12-4-6-13(7-5-12)19-16(24)20-10-8-17(2,11-20)15(22)23/h3-7H,1,8-11H2,2H3,(H,18,21)(H,19,24)(H,22,23). The molecule has 0 saturated carbocycles. The Kier molecular flexibility index (Phi) is 5.23. The third-order valence-electron chi connectivity index (χ3n) is 4.08. The van der Waals surface area contributed by atoms with Crippen molar-refractivity contribution in [1.29, 1.82) is 0 Å². The molecule has 1 fully saturated rings. The Labute approximate surface area is 140 Å². The van der Waals surface area contributed by atoms with Crippen molar-refractivity contribution in [3.63, 3.8) is 0 Å². The van der Waals surface area contributed by atoms with Gasteiger partial charge in [0.2, 0.25) is 0 Å². The second-order valence-electron chi connectivity index (χ2n) is 6.04. The predicted octanol–water partition coefficient (Wildman–Crippen LogP) is 1.93. The Morgan fingerprint density at radius 2 is 2.00 bits per heavy atom. The van der Waals surface area contributed by atoms with E-state index in [1.54, 1.807) is 37.3 Å². The first-order chi connectivity index (χ1) is 11.4. The zero-order valence-electron chi connectivity index (χ0n) is 13.5. The van der Waals surface area contributed by atoms with Gasteiger partial charge >= 0.3 is 12.0 Å². The number of hydrogen-bond acceptors (Lipinski definition) is 3. The predicted molar refractivity (Wildman–Crippen MR) is 89.9 cm³/mol. The number of benzene rings is 1. The van der Waals surface area contributed by atoms with Crippen LogP contribution in [0, 0.1) is 5.41 Å².